The molecule has 1 N–H and O–H groups in total. The summed E-state index contributed by atoms with van der Waals surface area (Å²) in [5, 5.41) is 2.96. The fourth-order valence-electron chi connectivity index (χ4n) is 3.47. The summed E-state index contributed by atoms with van der Waals surface area (Å²) in [6.45, 7) is 0.924. The number of rotatable bonds is 7. The molecule has 1 aromatic carbocycles. The minimum atomic E-state index is -3.68. The number of nitrogens with one attached hydrogen (secondary N) is 1. The third-order valence-corrected chi connectivity index (χ3v) is 7.15. The molecule has 1 aromatic heterocycles. The van der Waals surface area contributed by atoms with Crippen LogP contribution in [0.5, 0.6) is 0 Å². The molecule has 2 aromatic rings. The van der Waals surface area contributed by atoms with Gasteiger partial charge in [0, 0.05) is 25.6 Å². The highest BCUT2D eigenvalue weighted by molar-refractivity contribution is 7.89. The number of nitrogens with zero attached hydrogens (tertiary/aromatic N) is 2. The van der Waals surface area contributed by atoms with Crippen molar-refractivity contribution in [2.45, 2.75) is 23.8 Å². The Hall–Kier alpha value is -2.23. The van der Waals surface area contributed by atoms with Crippen LogP contribution in [0.25, 0.3) is 0 Å². The lowest BCUT2D eigenvalue weighted by Crippen LogP contribution is -2.44. The number of likely N-dealkylation sites (N-methyl/N-ethyl adjacent to an activating group) is 1. The van der Waals surface area contributed by atoms with Crippen molar-refractivity contribution in [3.63, 3.8) is 0 Å². The van der Waals surface area contributed by atoms with E-state index in [-0.39, 0.29) is 35.9 Å². The number of piperidine rings is 1. The molecule has 1 saturated heterocycles. The molecule has 9 heteroatoms. The van der Waals surface area contributed by atoms with Crippen LogP contribution in [0.3, 0.4) is 0 Å². The minimum absolute atomic E-state index is 0.0640. The fraction of sp³-hybridized carbons (Fsp3) is 0.450. The lowest BCUT2D eigenvalue weighted by atomic mass is 9.97. The summed E-state index contributed by atoms with van der Waals surface area (Å²) in [6.07, 6.45) is 2.49. The largest absolute Gasteiger partial charge is 0.468 e. The van der Waals surface area contributed by atoms with Crippen LogP contribution in [0.1, 0.15) is 24.6 Å². The Morgan fingerprint density at radius 3 is 2.45 bits per heavy atom. The van der Waals surface area contributed by atoms with Gasteiger partial charge in [0.15, 0.2) is 0 Å². The molecule has 1 amide bonds. The van der Waals surface area contributed by atoms with Gasteiger partial charge in [0.2, 0.25) is 15.9 Å². The normalized spacial score (nSPS) is 17.4. The molecular weight excluding hydrogens is 397 g/mol. The lowest BCUT2D eigenvalue weighted by molar-refractivity contribution is -0.126. The van der Waals surface area contributed by atoms with Gasteiger partial charge in [-0.05, 0) is 63.3 Å². The molecule has 3 rings (SSSR count). The van der Waals surface area contributed by atoms with Crippen molar-refractivity contribution in [2.75, 3.05) is 33.7 Å². The van der Waals surface area contributed by atoms with Gasteiger partial charge in [0.1, 0.15) is 11.6 Å². The zero-order valence-corrected chi connectivity index (χ0v) is 17.4. The summed E-state index contributed by atoms with van der Waals surface area (Å²) >= 11 is 0. The Bertz CT molecular complexity index is 906. The molecule has 158 valence electrons. The van der Waals surface area contributed by atoms with Crippen LogP contribution in [0.2, 0.25) is 0 Å². The van der Waals surface area contributed by atoms with E-state index in [1.807, 2.05) is 31.1 Å². The molecule has 7 nitrogen and oxygen atoms in total. The standard InChI is InChI=1S/C20H26FN3O4S/c1-23(2)18(19-4-3-13-28-19)14-22-20(25)15-9-11-24(12-10-15)29(26,27)17-7-5-16(21)6-8-17/h3-8,13,15,18H,9-12,14H2,1-2H3,(H,22,25). The van der Waals surface area contributed by atoms with Crippen molar-refractivity contribution in [3.05, 3.63) is 54.2 Å². The first-order valence-electron chi connectivity index (χ1n) is 9.52. The fourth-order valence-corrected chi connectivity index (χ4v) is 4.94. The molecule has 1 fully saturated rings. The molecule has 0 aliphatic carbocycles. The van der Waals surface area contributed by atoms with Crippen LogP contribution in [-0.2, 0) is 14.8 Å². The SMILES string of the molecule is CN(C)C(CNC(=O)C1CCN(S(=O)(=O)c2ccc(F)cc2)CC1)c1ccco1. The summed E-state index contributed by atoms with van der Waals surface area (Å²) in [5.41, 5.74) is 0. The topological polar surface area (TPSA) is 82.9 Å². The Morgan fingerprint density at radius 1 is 1.24 bits per heavy atom. The first kappa shape index (κ1) is 21.5. The number of hydrogen-bond donors (Lipinski definition) is 1. The smallest absolute Gasteiger partial charge is 0.243 e. The van der Waals surface area contributed by atoms with Gasteiger partial charge in [-0.25, -0.2) is 12.8 Å². The van der Waals surface area contributed by atoms with Gasteiger partial charge in [-0.15, -0.1) is 0 Å². The van der Waals surface area contributed by atoms with Crippen molar-refractivity contribution >= 4 is 15.9 Å². The Balaban J connectivity index is 1.54. The Labute approximate surface area is 170 Å². The maximum atomic E-state index is 13.1. The van der Waals surface area contributed by atoms with E-state index in [1.54, 1.807) is 6.26 Å². The van der Waals surface area contributed by atoms with Crippen LogP contribution in [0.15, 0.2) is 52.0 Å². The first-order chi connectivity index (χ1) is 13.8. The average Bonchev–Trinajstić information content (AvgIpc) is 3.22. The summed E-state index contributed by atoms with van der Waals surface area (Å²) < 4.78 is 45.2. The van der Waals surface area contributed by atoms with Crippen molar-refractivity contribution in [2.24, 2.45) is 5.92 Å². The van der Waals surface area contributed by atoms with Gasteiger partial charge in [-0.2, -0.15) is 4.31 Å². The number of furan rings is 1. The molecule has 1 atom stereocenters. The highest BCUT2D eigenvalue weighted by Crippen LogP contribution is 2.24. The minimum Gasteiger partial charge on any atom is -0.468 e. The second kappa shape index (κ2) is 9.06. The molecule has 1 unspecified atom stereocenters. The highest BCUT2D eigenvalue weighted by Gasteiger charge is 2.32. The van der Waals surface area contributed by atoms with Crippen LogP contribution in [-0.4, -0.2) is 57.3 Å². The molecule has 0 bridgehead atoms. The molecule has 1 aliphatic rings. The van der Waals surface area contributed by atoms with Gasteiger partial charge in [0.05, 0.1) is 17.2 Å². The number of carbonyl (C=O) groups is 1. The number of carbonyl (C=O) groups excluding carboxylic acids is 1. The Kier molecular flexibility index (Phi) is 6.71. The molecule has 0 radical (unpaired) electrons. The monoisotopic (exact) mass is 423 g/mol. The van der Waals surface area contributed by atoms with E-state index in [9.17, 15) is 17.6 Å². The lowest BCUT2D eigenvalue weighted by Gasteiger charge is -2.31. The van der Waals surface area contributed by atoms with E-state index < -0.39 is 15.8 Å². The second-order valence-electron chi connectivity index (χ2n) is 7.37. The molecule has 0 spiro atoms. The van der Waals surface area contributed by atoms with Gasteiger partial charge in [-0.1, -0.05) is 0 Å². The summed E-state index contributed by atoms with van der Waals surface area (Å²) in [7, 11) is 0.151. The van der Waals surface area contributed by atoms with E-state index in [2.05, 4.69) is 5.32 Å². The summed E-state index contributed by atoms with van der Waals surface area (Å²) in [4.78, 5) is 14.6. The number of benzene rings is 1. The molecule has 1 aliphatic heterocycles. The van der Waals surface area contributed by atoms with Gasteiger partial charge >= 0.3 is 0 Å². The maximum Gasteiger partial charge on any atom is 0.243 e. The molecular formula is C20H26FN3O4S. The van der Waals surface area contributed by atoms with Gasteiger partial charge in [0.25, 0.3) is 0 Å². The van der Waals surface area contributed by atoms with Gasteiger partial charge < -0.3 is 9.73 Å². The van der Waals surface area contributed by atoms with Crippen molar-refractivity contribution in [3.8, 4) is 0 Å². The van der Waals surface area contributed by atoms with E-state index in [1.165, 1.54) is 16.4 Å². The van der Waals surface area contributed by atoms with E-state index in [0.717, 1.165) is 17.9 Å². The third-order valence-electron chi connectivity index (χ3n) is 5.24. The van der Waals surface area contributed by atoms with Crippen LogP contribution in [0, 0.1) is 11.7 Å². The predicted molar refractivity (Wildman–Crippen MR) is 106 cm³/mol. The van der Waals surface area contributed by atoms with E-state index in [0.29, 0.717) is 19.4 Å². The number of sulfonamides is 1. The van der Waals surface area contributed by atoms with E-state index >= 15 is 0 Å². The van der Waals surface area contributed by atoms with Crippen molar-refractivity contribution in [1.29, 1.82) is 0 Å². The predicted octanol–water partition coefficient (Wildman–Crippen LogP) is 2.24. The molecule has 0 saturated carbocycles. The maximum absolute atomic E-state index is 13.1. The van der Waals surface area contributed by atoms with Crippen LogP contribution < -0.4 is 5.32 Å². The number of hydrogen-bond acceptors (Lipinski definition) is 5. The zero-order valence-electron chi connectivity index (χ0n) is 16.5. The first-order valence-corrected chi connectivity index (χ1v) is 11.0. The zero-order chi connectivity index (χ0) is 21.0. The average molecular weight is 424 g/mol. The summed E-state index contributed by atoms with van der Waals surface area (Å²) in [5.74, 6) is -0.0308. The van der Waals surface area contributed by atoms with Gasteiger partial charge in [-0.3, -0.25) is 9.69 Å². The van der Waals surface area contributed by atoms with Crippen molar-refractivity contribution < 1.29 is 22.0 Å². The van der Waals surface area contributed by atoms with Crippen molar-refractivity contribution in [1.82, 2.24) is 14.5 Å². The second-order valence-corrected chi connectivity index (χ2v) is 9.31. The van der Waals surface area contributed by atoms with E-state index in [4.69, 9.17) is 4.42 Å². The summed E-state index contributed by atoms with van der Waals surface area (Å²) in [6, 6.07) is 8.40. The number of amides is 1. The Morgan fingerprint density at radius 2 is 1.90 bits per heavy atom. The third kappa shape index (κ3) is 5.04. The number of halogens is 1. The highest BCUT2D eigenvalue weighted by atomic mass is 32.2. The molecule has 2 heterocycles. The quantitative estimate of drug-likeness (QED) is 0.739. The van der Waals surface area contributed by atoms with Crippen LogP contribution in [0.4, 0.5) is 4.39 Å². The van der Waals surface area contributed by atoms with Crippen LogP contribution >= 0.6 is 0 Å². The molecule has 29 heavy (non-hydrogen) atoms.